The summed E-state index contributed by atoms with van der Waals surface area (Å²) < 4.78 is 1.11. The van der Waals surface area contributed by atoms with Crippen molar-refractivity contribution in [3.05, 3.63) is 39.3 Å². The van der Waals surface area contributed by atoms with Crippen LogP contribution in [0.25, 0.3) is 10.6 Å². The average Bonchev–Trinajstić information content (AvgIpc) is 2.88. The number of nitrogens with zero attached hydrogens (tertiary/aromatic N) is 1. The molecule has 3 rings (SSSR count). The van der Waals surface area contributed by atoms with Crippen LogP contribution in [0, 0.1) is 0 Å². The number of fused-ring (bicyclic) bond motifs is 1. The molecular formula is C13H13BrN2S. The first-order valence-electron chi connectivity index (χ1n) is 5.74. The van der Waals surface area contributed by atoms with Gasteiger partial charge in [0, 0.05) is 27.4 Å². The third-order valence-electron chi connectivity index (χ3n) is 3.22. The summed E-state index contributed by atoms with van der Waals surface area (Å²) in [6, 6.07) is 8.24. The van der Waals surface area contributed by atoms with Gasteiger partial charge >= 0.3 is 0 Å². The van der Waals surface area contributed by atoms with E-state index in [1.165, 1.54) is 22.6 Å². The van der Waals surface area contributed by atoms with Gasteiger partial charge < -0.3 is 5.73 Å². The molecule has 0 spiro atoms. The predicted octanol–water partition coefficient (Wildman–Crippen LogP) is 3.56. The van der Waals surface area contributed by atoms with Gasteiger partial charge in [0.15, 0.2) is 0 Å². The SMILES string of the molecule is NCC1CCc2sc(-c3ccccc3Br)nc21. The van der Waals surface area contributed by atoms with E-state index in [1.54, 1.807) is 0 Å². The molecule has 17 heavy (non-hydrogen) atoms. The summed E-state index contributed by atoms with van der Waals surface area (Å²) >= 11 is 5.39. The highest BCUT2D eigenvalue weighted by atomic mass is 79.9. The monoisotopic (exact) mass is 308 g/mol. The van der Waals surface area contributed by atoms with Crippen LogP contribution in [-0.4, -0.2) is 11.5 Å². The molecule has 1 heterocycles. The van der Waals surface area contributed by atoms with Gasteiger partial charge in [-0.15, -0.1) is 11.3 Å². The second-order valence-corrected chi connectivity index (χ2v) is 6.22. The van der Waals surface area contributed by atoms with Gasteiger partial charge in [-0.1, -0.05) is 34.1 Å². The highest BCUT2D eigenvalue weighted by Crippen LogP contribution is 2.40. The number of nitrogens with two attached hydrogens (primary N) is 1. The van der Waals surface area contributed by atoms with Gasteiger partial charge in [0.2, 0.25) is 0 Å². The molecule has 4 heteroatoms. The van der Waals surface area contributed by atoms with Gasteiger partial charge in [0.1, 0.15) is 5.01 Å². The van der Waals surface area contributed by atoms with Crippen LogP contribution < -0.4 is 5.73 Å². The lowest BCUT2D eigenvalue weighted by Crippen LogP contribution is -2.09. The Hall–Kier alpha value is -0.710. The maximum Gasteiger partial charge on any atom is 0.125 e. The van der Waals surface area contributed by atoms with Crippen molar-refractivity contribution in [1.29, 1.82) is 0 Å². The molecule has 88 valence electrons. The fourth-order valence-corrected chi connectivity index (χ4v) is 4.09. The van der Waals surface area contributed by atoms with Gasteiger partial charge in [0.25, 0.3) is 0 Å². The van der Waals surface area contributed by atoms with E-state index in [1.807, 2.05) is 23.5 Å². The molecule has 2 nitrogen and oxygen atoms in total. The number of hydrogen-bond donors (Lipinski definition) is 1. The van der Waals surface area contributed by atoms with Crippen molar-refractivity contribution in [1.82, 2.24) is 4.98 Å². The summed E-state index contributed by atoms with van der Waals surface area (Å²) in [5, 5.41) is 1.11. The van der Waals surface area contributed by atoms with E-state index in [0.29, 0.717) is 12.5 Å². The Bertz CT molecular complexity index is 550. The van der Waals surface area contributed by atoms with Crippen LogP contribution in [0.2, 0.25) is 0 Å². The highest BCUT2D eigenvalue weighted by Gasteiger charge is 2.26. The topological polar surface area (TPSA) is 38.9 Å². The summed E-state index contributed by atoms with van der Waals surface area (Å²) in [6.07, 6.45) is 2.31. The molecule has 0 radical (unpaired) electrons. The molecule has 0 fully saturated rings. The first-order chi connectivity index (χ1) is 8.29. The zero-order valence-electron chi connectivity index (χ0n) is 9.32. The zero-order chi connectivity index (χ0) is 11.8. The Morgan fingerprint density at radius 1 is 1.41 bits per heavy atom. The number of aryl methyl sites for hydroxylation is 1. The molecule has 1 aromatic heterocycles. The van der Waals surface area contributed by atoms with Crippen LogP contribution in [0.1, 0.15) is 22.9 Å². The molecule has 0 aliphatic heterocycles. The standard InChI is InChI=1S/C13H13BrN2S/c14-10-4-2-1-3-9(10)13-16-12-8(7-15)5-6-11(12)17-13/h1-4,8H,5-7,15H2. The van der Waals surface area contributed by atoms with E-state index in [4.69, 9.17) is 10.7 Å². The Kier molecular flexibility index (Phi) is 3.03. The van der Waals surface area contributed by atoms with Crippen molar-refractivity contribution >= 4 is 27.3 Å². The number of thiazole rings is 1. The third-order valence-corrected chi connectivity index (χ3v) is 5.08. The van der Waals surface area contributed by atoms with E-state index in [9.17, 15) is 0 Å². The normalized spacial score (nSPS) is 18.4. The van der Waals surface area contributed by atoms with Crippen LogP contribution in [0.15, 0.2) is 28.7 Å². The van der Waals surface area contributed by atoms with Crippen LogP contribution >= 0.6 is 27.3 Å². The molecule has 1 unspecified atom stereocenters. The summed E-state index contributed by atoms with van der Waals surface area (Å²) in [5.41, 5.74) is 8.20. The predicted molar refractivity (Wildman–Crippen MR) is 75.4 cm³/mol. The maximum atomic E-state index is 5.78. The van der Waals surface area contributed by atoms with Crippen molar-refractivity contribution in [2.45, 2.75) is 18.8 Å². The van der Waals surface area contributed by atoms with Crippen LogP contribution in [0.4, 0.5) is 0 Å². The van der Waals surface area contributed by atoms with E-state index < -0.39 is 0 Å². The van der Waals surface area contributed by atoms with E-state index in [2.05, 4.69) is 28.1 Å². The lowest BCUT2D eigenvalue weighted by Gasteiger charge is -2.04. The molecule has 1 atom stereocenters. The molecule has 2 N–H and O–H groups in total. The molecular weight excluding hydrogens is 296 g/mol. The average molecular weight is 309 g/mol. The van der Waals surface area contributed by atoms with Gasteiger partial charge in [-0.05, 0) is 18.9 Å². The molecule has 0 saturated carbocycles. The first kappa shape index (κ1) is 11.4. The highest BCUT2D eigenvalue weighted by molar-refractivity contribution is 9.10. The molecule has 1 aliphatic carbocycles. The van der Waals surface area contributed by atoms with Crippen molar-refractivity contribution in [3.63, 3.8) is 0 Å². The van der Waals surface area contributed by atoms with Crippen molar-refractivity contribution < 1.29 is 0 Å². The summed E-state index contributed by atoms with van der Waals surface area (Å²) in [4.78, 5) is 6.21. The molecule has 1 aromatic carbocycles. The minimum absolute atomic E-state index is 0.470. The molecule has 0 saturated heterocycles. The lowest BCUT2D eigenvalue weighted by atomic mass is 10.1. The molecule has 1 aliphatic rings. The largest absolute Gasteiger partial charge is 0.330 e. The fraction of sp³-hybridized carbons (Fsp3) is 0.308. The van der Waals surface area contributed by atoms with Crippen LogP contribution in [0.5, 0.6) is 0 Å². The summed E-state index contributed by atoms with van der Waals surface area (Å²) in [6.45, 7) is 0.714. The summed E-state index contributed by atoms with van der Waals surface area (Å²) in [7, 11) is 0. The zero-order valence-corrected chi connectivity index (χ0v) is 11.7. The van der Waals surface area contributed by atoms with E-state index in [0.717, 1.165) is 15.9 Å². The third kappa shape index (κ3) is 1.94. The van der Waals surface area contributed by atoms with Crippen molar-refractivity contribution in [3.8, 4) is 10.6 Å². The van der Waals surface area contributed by atoms with Gasteiger partial charge in [-0.2, -0.15) is 0 Å². The fourth-order valence-electron chi connectivity index (χ4n) is 2.28. The number of aromatic nitrogens is 1. The van der Waals surface area contributed by atoms with Crippen LogP contribution in [-0.2, 0) is 6.42 Å². The molecule has 0 bridgehead atoms. The van der Waals surface area contributed by atoms with Crippen molar-refractivity contribution in [2.75, 3.05) is 6.54 Å². The number of halogens is 1. The van der Waals surface area contributed by atoms with E-state index in [-0.39, 0.29) is 0 Å². The smallest absolute Gasteiger partial charge is 0.125 e. The Morgan fingerprint density at radius 2 is 2.24 bits per heavy atom. The lowest BCUT2D eigenvalue weighted by molar-refractivity contribution is 0.675. The number of rotatable bonds is 2. The number of benzene rings is 1. The minimum Gasteiger partial charge on any atom is -0.330 e. The molecule has 2 aromatic rings. The van der Waals surface area contributed by atoms with Gasteiger partial charge in [0.05, 0.1) is 5.69 Å². The molecule has 0 amide bonds. The Balaban J connectivity index is 2.04. The number of hydrogen-bond acceptors (Lipinski definition) is 3. The summed E-state index contributed by atoms with van der Waals surface area (Å²) in [5.74, 6) is 0.470. The second kappa shape index (κ2) is 4.52. The first-order valence-corrected chi connectivity index (χ1v) is 7.35. The van der Waals surface area contributed by atoms with E-state index >= 15 is 0 Å². The Morgan fingerprint density at radius 3 is 3.00 bits per heavy atom. The van der Waals surface area contributed by atoms with Crippen molar-refractivity contribution in [2.24, 2.45) is 5.73 Å². The maximum absolute atomic E-state index is 5.78. The van der Waals surface area contributed by atoms with Gasteiger partial charge in [-0.3, -0.25) is 0 Å². The quantitative estimate of drug-likeness (QED) is 0.921. The Labute approximate surface area is 113 Å². The second-order valence-electron chi connectivity index (χ2n) is 4.28. The van der Waals surface area contributed by atoms with Gasteiger partial charge in [-0.25, -0.2) is 4.98 Å². The minimum atomic E-state index is 0.470. The van der Waals surface area contributed by atoms with Crippen LogP contribution in [0.3, 0.4) is 0 Å².